The Balaban J connectivity index is 1.68. The molecule has 98 valence electrons. The van der Waals surface area contributed by atoms with Crippen molar-refractivity contribution in [2.24, 2.45) is 7.05 Å². The highest BCUT2D eigenvalue weighted by Gasteiger charge is 2.31. The van der Waals surface area contributed by atoms with E-state index in [1.54, 1.807) is 4.68 Å². The van der Waals surface area contributed by atoms with E-state index in [1.165, 1.54) is 6.42 Å². The first kappa shape index (κ1) is 11.6. The standard InChI is InChI=1S/C12H18N4O2/c1-16-11-9(6-3-7-10(11)13-15-16)12(17)14-18-8-4-2-5-8/h8-9H,2-7H2,1H3,(H,14,17). The number of hydroxylamine groups is 1. The molecule has 1 N–H and O–H groups in total. The Hall–Kier alpha value is -1.43. The van der Waals surface area contributed by atoms with E-state index in [9.17, 15) is 4.79 Å². The average Bonchev–Trinajstić information content (AvgIpc) is 2.69. The van der Waals surface area contributed by atoms with Crippen molar-refractivity contribution in [2.45, 2.75) is 50.5 Å². The number of rotatable bonds is 3. The van der Waals surface area contributed by atoms with Gasteiger partial charge in [0.25, 0.3) is 5.91 Å². The summed E-state index contributed by atoms with van der Waals surface area (Å²) in [4.78, 5) is 17.5. The number of nitrogens with one attached hydrogen (secondary N) is 1. The zero-order valence-electron chi connectivity index (χ0n) is 10.6. The predicted molar refractivity (Wildman–Crippen MR) is 63.5 cm³/mol. The summed E-state index contributed by atoms with van der Waals surface area (Å²) in [6.45, 7) is 0. The molecule has 18 heavy (non-hydrogen) atoms. The lowest BCUT2D eigenvalue weighted by Gasteiger charge is -2.27. The molecule has 1 saturated carbocycles. The quantitative estimate of drug-likeness (QED) is 0.807. The highest BCUT2D eigenvalue weighted by Crippen LogP contribution is 2.30. The third-order valence-electron chi connectivity index (χ3n) is 3.88. The van der Waals surface area contributed by atoms with E-state index in [1.807, 2.05) is 7.05 Å². The molecular weight excluding hydrogens is 232 g/mol. The molecule has 0 saturated heterocycles. The van der Waals surface area contributed by atoms with Crippen molar-refractivity contribution in [3.8, 4) is 0 Å². The largest absolute Gasteiger partial charge is 0.272 e. The topological polar surface area (TPSA) is 69.0 Å². The maximum atomic E-state index is 12.2. The van der Waals surface area contributed by atoms with E-state index in [-0.39, 0.29) is 17.9 Å². The number of hydrogen-bond acceptors (Lipinski definition) is 4. The summed E-state index contributed by atoms with van der Waals surface area (Å²) in [6.07, 6.45) is 6.23. The van der Waals surface area contributed by atoms with Crippen LogP contribution in [0.1, 0.15) is 49.4 Å². The number of carbonyl (C=O) groups excluding carboxylic acids is 1. The van der Waals surface area contributed by atoms with Crippen LogP contribution in [0.5, 0.6) is 0 Å². The van der Waals surface area contributed by atoms with Crippen molar-refractivity contribution in [1.29, 1.82) is 0 Å². The van der Waals surface area contributed by atoms with Gasteiger partial charge in [-0.1, -0.05) is 5.21 Å². The second kappa shape index (κ2) is 4.68. The van der Waals surface area contributed by atoms with E-state index in [4.69, 9.17) is 4.84 Å². The molecule has 1 aromatic rings. The molecule has 1 aromatic heterocycles. The average molecular weight is 250 g/mol. The Morgan fingerprint density at radius 1 is 1.39 bits per heavy atom. The summed E-state index contributed by atoms with van der Waals surface area (Å²) in [5, 5.41) is 8.10. The van der Waals surface area contributed by atoms with Crippen molar-refractivity contribution < 1.29 is 9.63 Å². The van der Waals surface area contributed by atoms with Gasteiger partial charge in [-0.25, -0.2) is 5.48 Å². The Bertz CT molecular complexity index is 453. The van der Waals surface area contributed by atoms with Crippen LogP contribution in [0.3, 0.4) is 0 Å². The van der Waals surface area contributed by atoms with E-state index in [2.05, 4.69) is 15.8 Å². The first-order valence-electron chi connectivity index (χ1n) is 6.59. The van der Waals surface area contributed by atoms with Gasteiger partial charge in [0.1, 0.15) is 0 Å². The van der Waals surface area contributed by atoms with Crippen molar-refractivity contribution in [1.82, 2.24) is 20.5 Å². The minimum Gasteiger partial charge on any atom is -0.272 e. The molecule has 1 amide bonds. The normalized spacial score (nSPS) is 23.3. The molecule has 2 aliphatic carbocycles. The molecular formula is C12H18N4O2. The van der Waals surface area contributed by atoms with Gasteiger partial charge in [0, 0.05) is 7.05 Å². The number of carbonyl (C=O) groups is 1. The molecule has 1 atom stereocenters. The second-order valence-electron chi connectivity index (χ2n) is 5.13. The van der Waals surface area contributed by atoms with Crippen LogP contribution in [0.25, 0.3) is 0 Å². The lowest BCUT2D eigenvalue weighted by Crippen LogP contribution is -2.37. The van der Waals surface area contributed by atoms with Crippen LogP contribution in [0.15, 0.2) is 0 Å². The molecule has 3 rings (SSSR count). The SMILES string of the molecule is Cn1nnc2c1C(C(=O)NOC1CCC1)CCC2. The highest BCUT2D eigenvalue weighted by atomic mass is 16.7. The van der Waals surface area contributed by atoms with Crippen molar-refractivity contribution >= 4 is 5.91 Å². The molecule has 6 heteroatoms. The monoisotopic (exact) mass is 250 g/mol. The highest BCUT2D eigenvalue weighted by molar-refractivity contribution is 5.82. The number of aryl methyl sites for hydroxylation is 2. The Kier molecular flexibility index (Phi) is 3.03. The minimum atomic E-state index is -0.172. The molecule has 0 spiro atoms. The van der Waals surface area contributed by atoms with Crippen molar-refractivity contribution in [3.63, 3.8) is 0 Å². The number of nitrogens with zero attached hydrogens (tertiary/aromatic N) is 3. The summed E-state index contributed by atoms with van der Waals surface area (Å²) in [5.74, 6) is -0.234. The molecule has 1 unspecified atom stereocenters. The lowest BCUT2D eigenvalue weighted by atomic mass is 9.89. The van der Waals surface area contributed by atoms with E-state index in [0.29, 0.717) is 0 Å². The summed E-state index contributed by atoms with van der Waals surface area (Å²) in [6, 6.07) is 0. The van der Waals surface area contributed by atoms with E-state index >= 15 is 0 Å². The van der Waals surface area contributed by atoms with Crippen LogP contribution in [0.4, 0.5) is 0 Å². The van der Waals surface area contributed by atoms with Gasteiger partial charge in [-0.2, -0.15) is 0 Å². The second-order valence-corrected chi connectivity index (χ2v) is 5.13. The molecule has 0 aromatic carbocycles. The molecule has 0 radical (unpaired) electrons. The van der Waals surface area contributed by atoms with Gasteiger partial charge in [-0.15, -0.1) is 5.10 Å². The fraction of sp³-hybridized carbons (Fsp3) is 0.750. The molecule has 1 fully saturated rings. The van der Waals surface area contributed by atoms with Crippen molar-refractivity contribution in [2.75, 3.05) is 0 Å². The van der Waals surface area contributed by atoms with Crippen LogP contribution in [0.2, 0.25) is 0 Å². The van der Waals surface area contributed by atoms with Crippen molar-refractivity contribution in [3.05, 3.63) is 11.4 Å². The predicted octanol–water partition coefficient (Wildman–Crippen LogP) is 0.835. The smallest absolute Gasteiger partial charge is 0.252 e. The zero-order valence-corrected chi connectivity index (χ0v) is 10.6. The number of aromatic nitrogens is 3. The summed E-state index contributed by atoms with van der Waals surface area (Å²) >= 11 is 0. The maximum absolute atomic E-state index is 12.2. The van der Waals surface area contributed by atoms with Gasteiger partial charge in [0.05, 0.1) is 23.4 Å². The first-order chi connectivity index (χ1) is 8.75. The van der Waals surface area contributed by atoms with Crippen LogP contribution < -0.4 is 5.48 Å². The van der Waals surface area contributed by atoms with Crippen LogP contribution in [0, 0.1) is 0 Å². The van der Waals surface area contributed by atoms with Gasteiger partial charge in [-0.05, 0) is 38.5 Å². The fourth-order valence-electron chi connectivity index (χ4n) is 2.58. The van der Waals surface area contributed by atoms with Crippen LogP contribution in [-0.2, 0) is 23.1 Å². The molecule has 6 nitrogen and oxygen atoms in total. The Morgan fingerprint density at radius 2 is 2.22 bits per heavy atom. The number of fused-ring (bicyclic) bond motifs is 1. The summed E-state index contributed by atoms with van der Waals surface area (Å²) < 4.78 is 1.71. The first-order valence-corrected chi connectivity index (χ1v) is 6.59. The zero-order chi connectivity index (χ0) is 12.5. The third kappa shape index (κ3) is 2.01. The molecule has 0 bridgehead atoms. The third-order valence-corrected chi connectivity index (χ3v) is 3.88. The summed E-state index contributed by atoms with van der Waals surface area (Å²) in [5.41, 5.74) is 4.50. The number of hydrogen-bond donors (Lipinski definition) is 1. The summed E-state index contributed by atoms with van der Waals surface area (Å²) in [7, 11) is 1.84. The van der Waals surface area contributed by atoms with Crippen LogP contribution in [-0.4, -0.2) is 27.0 Å². The van der Waals surface area contributed by atoms with Gasteiger partial charge in [0.15, 0.2) is 0 Å². The Labute approximate surface area is 106 Å². The van der Waals surface area contributed by atoms with Gasteiger partial charge < -0.3 is 0 Å². The van der Waals surface area contributed by atoms with E-state index < -0.39 is 0 Å². The van der Waals surface area contributed by atoms with Gasteiger partial charge in [0.2, 0.25) is 0 Å². The maximum Gasteiger partial charge on any atom is 0.252 e. The fourth-order valence-corrected chi connectivity index (χ4v) is 2.58. The molecule has 2 aliphatic rings. The number of amides is 1. The molecule has 0 aliphatic heterocycles. The molecule has 1 heterocycles. The minimum absolute atomic E-state index is 0.0618. The van der Waals surface area contributed by atoms with Gasteiger partial charge in [-0.3, -0.25) is 14.3 Å². The Morgan fingerprint density at radius 3 is 2.94 bits per heavy atom. The van der Waals surface area contributed by atoms with E-state index in [0.717, 1.165) is 43.5 Å². The van der Waals surface area contributed by atoms with Gasteiger partial charge >= 0.3 is 0 Å². The lowest BCUT2D eigenvalue weighted by molar-refractivity contribution is -0.145. The van der Waals surface area contributed by atoms with Crippen LogP contribution >= 0.6 is 0 Å².